The molecule has 0 aromatic carbocycles. The largest absolute Gasteiger partial charge is 0.480 e. The van der Waals surface area contributed by atoms with Crippen LogP contribution >= 0.6 is 0 Å². The van der Waals surface area contributed by atoms with E-state index in [0.717, 1.165) is 25.7 Å². The minimum absolute atomic E-state index is 0.204. The SMILES string of the molecule is NN(C=CC1CC1)C(C(=O)O)C1CCCCC1. The summed E-state index contributed by atoms with van der Waals surface area (Å²) in [4.78, 5) is 11.3. The van der Waals surface area contributed by atoms with Crippen molar-refractivity contribution < 1.29 is 9.90 Å². The number of allylic oxidation sites excluding steroid dienone is 1. The molecule has 1 unspecified atom stereocenters. The predicted octanol–water partition coefficient (Wildman–Crippen LogP) is 2.12. The molecular formula is C13H22N2O2. The van der Waals surface area contributed by atoms with Crippen molar-refractivity contribution >= 4 is 5.97 Å². The van der Waals surface area contributed by atoms with Crippen molar-refractivity contribution in [2.45, 2.75) is 51.0 Å². The average molecular weight is 238 g/mol. The lowest BCUT2D eigenvalue weighted by Crippen LogP contribution is -2.47. The number of hydrogen-bond acceptors (Lipinski definition) is 3. The highest BCUT2D eigenvalue weighted by Crippen LogP contribution is 2.31. The van der Waals surface area contributed by atoms with Crippen LogP contribution in [0.5, 0.6) is 0 Å². The van der Waals surface area contributed by atoms with Crippen molar-refractivity contribution in [2.75, 3.05) is 0 Å². The van der Waals surface area contributed by atoms with Crippen molar-refractivity contribution in [2.24, 2.45) is 17.7 Å². The lowest BCUT2D eigenvalue weighted by molar-refractivity contribution is -0.144. The number of nitrogens with two attached hydrogens (primary N) is 1. The van der Waals surface area contributed by atoms with Gasteiger partial charge in [-0.2, -0.15) is 0 Å². The molecule has 96 valence electrons. The van der Waals surface area contributed by atoms with E-state index in [4.69, 9.17) is 5.84 Å². The molecular weight excluding hydrogens is 216 g/mol. The van der Waals surface area contributed by atoms with Gasteiger partial charge >= 0.3 is 5.97 Å². The van der Waals surface area contributed by atoms with E-state index in [0.29, 0.717) is 5.92 Å². The molecule has 0 spiro atoms. The van der Waals surface area contributed by atoms with Crippen LogP contribution in [0.15, 0.2) is 12.3 Å². The molecule has 2 rings (SSSR count). The Morgan fingerprint density at radius 1 is 1.24 bits per heavy atom. The van der Waals surface area contributed by atoms with Crippen LogP contribution in [0.3, 0.4) is 0 Å². The zero-order valence-electron chi connectivity index (χ0n) is 10.2. The molecule has 0 aliphatic heterocycles. The Morgan fingerprint density at radius 2 is 1.88 bits per heavy atom. The molecule has 0 aromatic heterocycles. The quantitative estimate of drug-likeness (QED) is 0.568. The molecule has 4 heteroatoms. The number of carbonyl (C=O) groups is 1. The van der Waals surface area contributed by atoms with E-state index in [-0.39, 0.29) is 5.92 Å². The second kappa shape index (κ2) is 5.54. The Hall–Kier alpha value is -1.03. The molecule has 3 N–H and O–H groups in total. The number of hydrazine groups is 1. The zero-order valence-corrected chi connectivity index (χ0v) is 10.2. The first-order chi connectivity index (χ1) is 8.18. The number of carboxylic acids is 1. The summed E-state index contributed by atoms with van der Waals surface area (Å²) in [6, 6.07) is -0.551. The summed E-state index contributed by atoms with van der Waals surface area (Å²) in [5.74, 6) is 5.93. The van der Waals surface area contributed by atoms with E-state index >= 15 is 0 Å². The Bertz CT molecular complexity index is 294. The molecule has 1 atom stereocenters. The van der Waals surface area contributed by atoms with Crippen LogP contribution < -0.4 is 5.84 Å². The fraction of sp³-hybridized carbons (Fsp3) is 0.769. The summed E-state index contributed by atoms with van der Waals surface area (Å²) >= 11 is 0. The van der Waals surface area contributed by atoms with Gasteiger partial charge in [0.1, 0.15) is 6.04 Å². The third kappa shape index (κ3) is 3.46. The summed E-state index contributed by atoms with van der Waals surface area (Å²) in [5.41, 5.74) is 0. The van der Waals surface area contributed by atoms with E-state index in [9.17, 15) is 9.90 Å². The highest BCUT2D eigenvalue weighted by Gasteiger charge is 2.32. The van der Waals surface area contributed by atoms with Gasteiger partial charge in [-0.15, -0.1) is 0 Å². The summed E-state index contributed by atoms with van der Waals surface area (Å²) in [7, 11) is 0. The zero-order chi connectivity index (χ0) is 12.3. The van der Waals surface area contributed by atoms with Gasteiger partial charge in [0, 0.05) is 6.20 Å². The molecule has 2 fully saturated rings. The highest BCUT2D eigenvalue weighted by atomic mass is 16.4. The van der Waals surface area contributed by atoms with Crippen LogP contribution in [-0.2, 0) is 4.79 Å². The van der Waals surface area contributed by atoms with Crippen molar-refractivity contribution in [3.05, 3.63) is 12.3 Å². The third-order valence-electron chi connectivity index (χ3n) is 3.82. The maximum Gasteiger partial charge on any atom is 0.328 e. The molecule has 4 nitrogen and oxygen atoms in total. The van der Waals surface area contributed by atoms with Crippen LogP contribution in [0.4, 0.5) is 0 Å². The molecule has 0 bridgehead atoms. The minimum Gasteiger partial charge on any atom is -0.480 e. The van der Waals surface area contributed by atoms with Crippen LogP contribution in [0.1, 0.15) is 44.9 Å². The van der Waals surface area contributed by atoms with Gasteiger partial charge in [-0.3, -0.25) is 0 Å². The molecule has 0 saturated heterocycles. The smallest absolute Gasteiger partial charge is 0.328 e. The standard InChI is InChI=1S/C13H22N2O2/c14-15(9-8-10-6-7-10)12(13(16)17)11-4-2-1-3-5-11/h8-12H,1-7,14H2,(H,16,17). The van der Waals surface area contributed by atoms with Gasteiger partial charge in [-0.1, -0.05) is 25.3 Å². The Labute approximate surface area is 102 Å². The van der Waals surface area contributed by atoms with Gasteiger partial charge in [0.05, 0.1) is 0 Å². The minimum atomic E-state index is -0.792. The maximum atomic E-state index is 11.3. The van der Waals surface area contributed by atoms with E-state index in [1.54, 1.807) is 6.20 Å². The molecule has 17 heavy (non-hydrogen) atoms. The van der Waals surface area contributed by atoms with E-state index in [1.807, 2.05) is 6.08 Å². The van der Waals surface area contributed by atoms with Crippen molar-refractivity contribution in [1.82, 2.24) is 5.01 Å². The van der Waals surface area contributed by atoms with Gasteiger partial charge in [-0.05, 0) is 37.5 Å². The van der Waals surface area contributed by atoms with Gasteiger partial charge in [0.25, 0.3) is 0 Å². The van der Waals surface area contributed by atoms with Gasteiger partial charge < -0.3 is 10.1 Å². The van der Waals surface area contributed by atoms with Crippen molar-refractivity contribution in [3.63, 3.8) is 0 Å². The van der Waals surface area contributed by atoms with Crippen LogP contribution in [0, 0.1) is 11.8 Å². The summed E-state index contributed by atoms with van der Waals surface area (Å²) in [6.45, 7) is 0. The maximum absolute atomic E-state index is 11.3. The molecule has 2 aliphatic rings. The first-order valence-corrected chi connectivity index (χ1v) is 6.62. The fourth-order valence-electron chi connectivity index (χ4n) is 2.62. The summed E-state index contributed by atoms with van der Waals surface area (Å²) < 4.78 is 0. The van der Waals surface area contributed by atoms with Gasteiger partial charge in [0.2, 0.25) is 0 Å². The summed E-state index contributed by atoms with van der Waals surface area (Å²) in [5, 5.41) is 10.7. The Morgan fingerprint density at radius 3 is 2.41 bits per heavy atom. The average Bonchev–Trinajstić information content (AvgIpc) is 3.11. The molecule has 0 radical (unpaired) electrons. The lowest BCUT2D eigenvalue weighted by Gasteiger charge is -2.32. The van der Waals surface area contributed by atoms with Crippen molar-refractivity contribution in [3.8, 4) is 0 Å². The van der Waals surface area contributed by atoms with Crippen LogP contribution in [0.25, 0.3) is 0 Å². The number of rotatable bonds is 5. The van der Waals surface area contributed by atoms with Crippen LogP contribution in [0.2, 0.25) is 0 Å². The Balaban J connectivity index is 1.96. The molecule has 0 amide bonds. The molecule has 0 aromatic rings. The van der Waals surface area contributed by atoms with Gasteiger partial charge in [0.15, 0.2) is 0 Å². The highest BCUT2D eigenvalue weighted by molar-refractivity contribution is 5.74. The molecule has 2 aliphatic carbocycles. The monoisotopic (exact) mass is 238 g/mol. The van der Waals surface area contributed by atoms with Crippen molar-refractivity contribution in [1.29, 1.82) is 0 Å². The summed E-state index contributed by atoms with van der Waals surface area (Å²) in [6.07, 6.45) is 11.7. The first kappa shape index (κ1) is 12.4. The lowest BCUT2D eigenvalue weighted by atomic mass is 9.83. The van der Waals surface area contributed by atoms with E-state index in [2.05, 4.69) is 0 Å². The Kier molecular flexibility index (Phi) is 4.05. The van der Waals surface area contributed by atoms with Crippen LogP contribution in [-0.4, -0.2) is 22.1 Å². The number of nitrogens with zero attached hydrogens (tertiary/aromatic N) is 1. The number of hydrogen-bond donors (Lipinski definition) is 2. The second-order valence-corrected chi connectivity index (χ2v) is 5.31. The predicted molar refractivity (Wildman–Crippen MR) is 65.9 cm³/mol. The molecule has 2 saturated carbocycles. The van der Waals surface area contributed by atoms with E-state index in [1.165, 1.54) is 24.3 Å². The topological polar surface area (TPSA) is 66.6 Å². The normalized spacial score (nSPS) is 23.8. The number of carboxylic acid groups (broad SMARTS) is 1. The van der Waals surface area contributed by atoms with E-state index < -0.39 is 12.0 Å². The first-order valence-electron chi connectivity index (χ1n) is 6.62. The number of aliphatic carboxylic acids is 1. The van der Waals surface area contributed by atoms with Gasteiger partial charge in [-0.25, -0.2) is 10.6 Å². The molecule has 0 heterocycles. The fourth-order valence-corrected chi connectivity index (χ4v) is 2.62. The third-order valence-corrected chi connectivity index (χ3v) is 3.82. The second-order valence-electron chi connectivity index (χ2n) is 5.31.